The first-order valence-electron chi connectivity index (χ1n) is 9.81. The van der Waals surface area contributed by atoms with Gasteiger partial charge < -0.3 is 5.32 Å². The lowest BCUT2D eigenvalue weighted by molar-refractivity contribution is -0.122. The fourth-order valence-electron chi connectivity index (χ4n) is 3.11. The van der Waals surface area contributed by atoms with E-state index in [0.29, 0.717) is 20.6 Å². The SMILES string of the molecule is C[C@@H](NC(=O)CN(Cc1ccc(Cl)c(Cl)c1)S(=O)(=O)c1ccc(Cl)cc1)c1ccc(Br)cc1. The topological polar surface area (TPSA) is 66.5 Å². The van der Waals surface area contributed by atoms with Crippen LogP contribution < -0.4 is 5.32 Å². The van der Waals surface area contributed by atoms with Gasteiger partial charge in [-0.2, -0.15) is 4.31 Å². The lowest BCUT2D eigenvalue weighted by atomic mass is 10.1. The maximum Gasteiger partial charge on any atom is 0.243 e. The van der Waals surface area contributed by atoms with E-state index < -0.39 is 15.9 Å². The molecule has 0 saturated heterocycles. The maximum absolute atomic E-state index is 13.4. The van der Waals surface area contributed by atoms with Crippen molar-refractivity contribution in [3.8, 4) is 0 Å². The minimum Gasteiger partial charge on any atom is -0.348 e. The van der Waals surface area contributed by atoms with E-state index in [0.717, 1.165) is 14.3 Å². The van der Waals surface area contributed by atoms with Crippen LogP contribution in [0.5, 0.6) is 0 Å². The fraction of sp³-hybridized carbons (Fsp3) is 0.174. The molecule has 1 N–H and O–H groups in total. The Balaban J connectivity index is 1.85. The highest BCUT2D eigenvalue weighted by atomic mass is 79.9. The van der Waals surface area contributed by atoms with E-state index >= 15 is 0 Å². The van der Waals surface area contributed by atoms with Crippen molar-refractivity contribution in [2.45, 2.75) is 24.4 Å². The summed E-state index contributed by atoms with van der Waals surface area (Å²) >= 11 is 21.4. The summed E-state index contributed by atoms with van der Waals surface area (Å²) in [6.07, 6.45) is 0. The number of sulfonamides is 1. The summed E-state index contributed by atoms with van der Waals surface area (Å²) in [6, 6.07) is 17.8. The van der Waals surface area contributed by atoms with Crippen LogP contribution in [-0.2, 0) is 21.4 Å². The van der Waals surface area contributed by atoms with E-state index in [1.807, 2.05) is 31.2 Å². The first-order valence-corrected chi connectivity index (χ1v) is 13.2. The van der Waals surface area contributed by atoms with E-state index in [4.69, 9.17) is 34.8 Å². The summed E-state index contributed by atoms with van der Waals surface area (Å²) in [5, 5.41) is 3.92. The first kappa shape index (κ1) is 26.0. The zero-order valence-corrected chi connectivity index (χ0v) is 22.1. The zero-order valence-electron chi connectivity index (χ0n) is 17.4. The normalized spacial score (nSPS) is 12.5. The van der Waals surface area contributed by atoms with Crippen LogP contribution in [0.2, 0.25) is 15.1 Å². The van der Waals surface area contributed by atoms with Gasteiger partial charge in [-0.15, -0.1) is 0 Å². The Kier molecular flexibility index (Phi) is 8.83. The predicted molar refractivity (Wildman–Crippen MR) is 136 cm³/mol. The summed E-state index contributed by atoms with van der Waals surface area (Å²) in [7, 11) is -4.01. The molecule has 0 radical (unpaired) electrons. The van der Waals surface area contributed by atoms with Crippen LogP contribution in [0.25, 0.3) is 0 Å². The van der Waals surface area contributed by atoms with Crippen LogP contribution in [0.3, 0.4) is 0 Å². The lowest BCUT2D eigenvalue weighted by Gasteiger charge is -2.23. The molecular weight excluding hydrogens is 571 g/mol. The lowest BCUT2D eigenvalue weighted by Crippen LogP contribution is -2.41. The Hall–Kier alpha value is -1.61. The molecule has 0 aliphatic carbocycles. The average Bonchev–Trinajstić information content (AvgIpc) is 2.76. The smallest absolute Gasteiger partial charge is 0.243 e. The molecule has 0 aromatic heterocycles. The zero-order chi connectivity index (χ0) is 24.2. The van der Waals surface area contributed by atoms with Crippen LogP contribution >= 0.6 is 50.7 Å². The molecule has 0 aliphatic heterocycles. The van der Waals surface area contributed by atoms with Crippen molar-refractivity contribution in [2.24, 2.45) is 0 Å². The minimum atomic E-state index is -4.01. The summed E-state index contributed by atoms with van der Waals surface area (Å²) in [5.41, 5.74) is 1.49. The van der Waals surface area contributed by atoms with Crippen LogP contribution in [0.4, 0.5) is 0 Å². The fourth-order valence-corrected chi connectivity index (χ4v) is 5.20. The summed E-state index contributed by atoms with van der Waals surface area (Å²) in [6.45, 7) is 1.38. The van der Waals surface area contributed by atoms with Crippen molar-refractivity contribution < 1.29 is 13.2 Å². The molecule has 1 atom stereocenters. The number of carbonyl (C=O) groups excluding carboxylic acids is 1. The Labute approximate surface area is 216 Å². The van der Waals surface area contributed by atoms with Gasteiger partial charge in [0.2, 0.25) is 15.9 Å². The number of rotatable bonds is 8. The van der Waals surface area contributed by atoms with Gasteiger partial charge in [-0.3, -0.25) is 4.79 Å². The van der Waals surface area contributed by atoms with E-state index in [1.165, 1.54) is 24.3 Å². The molecule has 174 valence electrons. The van der Waals surface area contributed by atoms with E-state index in [2.05, 4.69) is 21.2 Å². The molecule has 0 fully saturated rings. The van der Waals surface area contributed by atoms with E-state index in [1.54, 1.807) is 18.2 Å². The highest BCUT2D eigenvalue weighted by molar-refractivity contribution is 9.10. The van der Waals surface area contributed by atoms with Gasteiger partial charge in [0.1, 0.15) is 0 Å². The number of nitrogens with zero attached hydrogens (tertiary/aromatic N) is 1. The van der Waals surface area contributed by atoms with Gasteiger partial charge >= 0.3 is 0 Å². The second-order valence-electron chi connectivity index (χ2n) is 7.32. The van der Waals surface area contributed by atoms with Crippen molar-refractivity contribution in [3.05, 3.63) is 97.4 Å². The van der Waals surface area contributed by atoms with Crippen LogP contribution in [0, 0.1) is 0 Å². The van der Waals surface area contributed by atoms with Crippen LogP contribution in [0.15, 0.2) is 76.1 Å². The average molecular weight is 591 g/mol. The molecule has 0 saturated carbocycles. The van der Waals surface area contributed by atoms with Gasteiger partial charge in [-0.25, -0.2) is 8.42 Å². The second kappa shape index (κ2) is 11.2. The van der Waals surface area contributed by atoms with E-state index in [9.17, 15) is 13.2 Å². The Morgan fingerprint density at radius 3 is 2.21 bits per heavy atom. The monoisotopic (exact) mass is 588 g/mol. The number of hydrogen-bond donors (Lipinski definition) is 1. The molecule has 0 spiro atoms. The van der Waals surface area contributed by atoms with Crippen molar-refractivity contribution in [1.82, 2.24) is 9.62 Å². The number of halogens is 4. The second-order valence-corrected chi connectivity index (χ2v) is 11.4. The first-order chi connectivity index (χ1) is 15.6. The molecule has 0 unspecified atom stereocenters. The van der Waals surface area contributed by atoms with Gasteiger partial charge in [0.15, 0.2) is 0 Å². The quantitative estimate of drug-likeness (QED) is 0.327. The van der Waals surface area contributed by atoms with Gasteiger partial charge in [-0.05, 0) is 66.6 Å². The third-order valence-electron chi connectivity index (χ3n) is 4.86. The molecular formula is C23H20BrCl3N2O3S. The number of amides is 1. The van der Waals surface area contributed by atoms with Gasteiger partial charge in [0.05, 0.1) is 27.5 Å². The Morgan fingerprint density at radius 1 is 0.970 bits per heavy atom. The molecule has 0 bridgehead atoms. The largest absolute Gasteiger partial charge is 0.348 e. The summed E-state index contributed by atoms with van der Waals surface area (Å²) in [5.74, 6) is -0.442. The van der Waals surface area contributed by atoms with Crippen molar-refractivity contribution in [3.63, 3.8) is 0 Å². The Morgan fingerprint density at radius 2 is 1.61 bits per heavy atom. The molecule has 10 heteroatoms. The summed E-state index contributed by atoms with van der Waals surface area (Å²) < 4.78 is 28.8. The highest BCUT2D eigenvalue weighted by Gasteiger charge is 2.27. The number of carbonyl (C=O) groups is 1. The van der Waals surface area contributed by atoms with Gasteiger partial charge in [-0.1, -0.05) is 68.9 Å². The molecule has 3 rings (SSSR count). The summed E-state index contributed by atoms with van der Waals surface area (Å²) in [4.78, 5) is 12.9. The number of benzene rings is 3. The molecule has 0 aliphatic rings. The molecule has 3 aromatic rings. The Bertz CT molecular complexity index is 1240. The molecule has 33 heavy (non-hydrogen) atoms. The molecule has 0 heterocycles. The van der Waals surface area contributed by atoms with Crippen molar-refractivity contribution in [2.75, 3.05) is 6.54 Å². The van der Waals surface area contributed by atoms with Crippen LogP contribution in [-0.4, -0.2) is 25.2 Å². The third-order valence-corrected chi connectivity index (χ3v) is 8.19. The van der Waals surface area contributed by atoms with Crippen molar-refractivity contribution >= 4 is 66.7 Å². The molecule has 5 nitrogen and oxygen atoms in total. The molecule has 1 amide bonds. The maximum atomic E-state index is 13.4. The van der Waals surface area contributed by atoms with Crippen molar-refractivity contribution in [1.29, 1.82) is 0 Å². The predicted octanol–water partition coefficient (Wildman–Crippen LogP) is 6.48. The van der Waals surface area contributed by atoms with E-state index in [-0.39, 0.29) is 24.0 Å². The van der Waals surface area contributed by atoms with Gasteiger partial charge in [0.25, 0.3) is 0 Å². The standard InChI is InChI=1S/C23H20BrCl3N2O3S/c1-15(17-3-5-18(24)6-4-17)28-23(30)14-29(13-16-2-11-21(26)22(27)12-16)33(31,32)20-9-7-19(25)8-10-20/h2-12,15H,13-14H2,1H3,(H,28,30)/t15-/m1/s1. The highest BCUT2D eigenvalue weighted by Crippen LogP contribution is 2.26. The van der Waals surface area contributed by atoms with Crippen LogP contribution in [0.1, 0.15) is 24.1 Å². The third kappa shape index (κ3) is 6.94. The molecule has 3 aromatic carbocycles. The number of hydrogen-bond acceptors (Lipinski definition) is 3. The number of nitrogens with one attached hydrogen (secondary N) is 1. The minimum absolute atomic E-state index is 0.0284. The van der Waals surface area contributed by atoms with Gasteiger partial charge in [0, 0.05) is 16.0 Å².